The molecule has 2 N–H and O–H groups in total. The van der Waals surface area contributed by atoms with Gasteiger partial charge in [-0.25, -0.2) is 0 Å². The first-order chi connectivity index (χ1) is 6.63. The van der Waals surface area contributed by atoms with Crippen molar-refractivity contribution in [1.29, 1.82) is 0 Å². The van der Waals surface area contributed by atoms with Crippen LogP contribution in [0.15, 0.2) is 18.3 Å². The molecular formula is C11H18N2O. The van der Waals surface area contributed by atoms with E-state index >= 15 is 0 Å². The molecule has 1 rings (SSSR count). The fraction of sp³-hybridized carbons (Fsp3) is 0.545. The van der Waals surface area contributed by atoms with Crippen molar-refractivity contribution in [3.05, 3.63) is 24.0 Å². The lowest BCUT2D eigenvalue weighted by molar-refractivity contribution is 0.170. The summed E-state index contributed by atoms with van der Waals surface area (Å²) in [5.74, 6) is 1.35. The number of rotatable bonds is 4. The van der Waals surface area contributed by atoms with E-state index in [-0.39, 0.29) is 6.10 Å². The second-order valence-corrected chi connectivity index (χ2v) is 3.75. The zero-order chi connectivity index (χ0) is 10.6. The molecule has 0 fully saturated rings. The average molecular weight is 194 g/mol. The zero-order valence-corrected chi connectivity index (χ0v) is 9.03. The molecule has 78 valence electrons. The molecule has 0 saturated heterocycles. The Morgan fingerprint density at radius 3 is 2.71 bits per heavy atom. The van der Waals surface area contributed by atoms with E-state index in [9.17, 15) is 0 Å². The van der Waals surface area contributed by atoms with Gasteiger partial charge < -0.3 is 10.5 Å². The molecule has 0 aliphatic rings. The number of pyridine rings is 1. The third-order valence-corrected chi connectivity index (χ3v) is 2.26. The van der Waals surface area contributed by atoms with Gasteiger partial charge >= 0.3 is 0 Å². The van der Waals surface area contributed by atoms with Gasteiger partial charge in [0.05, 0.1) is 11.8 Å². The lowest BCUT2D eigenvalue weighted by atomic mass is 10.1. The van der Waals surface area contributed by atoms with Crippen molar-refractivity contribution >= 4 is 0 Å². The van der Waals surface area contributed by atoms with E-state index in [1.54, 1.807) is 6.20 Å². The van der Waals surface area contributed by atoms with E-state index < -0.39 is 0 Å². The monoisotopic (exact) mass is 194 g/mol. The minimum absolute atomic E-state index is 0.211. The summed E-state index contributed by atoms with van der Waals surface area (Å²) in [4.78, 5) is 4.11. The maximum atomic E-state index is 5.72. The van der Waals surface area contributed by atoms with Crippen LogP contribution in [0.1, 0.15) is 26.5 Å². The van der Waals surface area contributed by atoms with Crippen LogP contribution in [0.3, 0.4) is 0 Å². The highest BCUT2D eigenvalue weighted by Crippen LogP contribution is 2.15. The van der Waals surface area contributed by atoms with Gasteiger partial charge in [0.15, 0.2) is 0 Å². The number of nitrogens with zero attached hydrogens (tertiary/aromatic N) is 1. The van der Waals surface area contributed by atoms with Crippen molar-refractivity contribution in [3.8, 4) is 5.75 Å². The molecule has 14 heavy (non-hydrogen) atoms. The molecule has 0 radical (unpaired) electrons. The third-order valence-electron chi connectivity index (χ3n) is 2.26. The second kappa shape index (κ2) is 4.96. The molecule has 1 aromatic rings. The molecule has 3 nitrogen and oxygen atoms in total. The molecular weight excluding hydrogens is 176 g/mol. The molecule has 0 bridgehead atoms. The minimum atomic E-state index is 0.211. The van der Waals surface area contributed by atoms with E-state index in [0.29, 0.717) is 12.5 Å². The number of hydrogen-bond donors (Lipinski definition) is 1. The summed E-state index contributed by atoms with van der Waals surface area (Å²) >= 11 is 0. The highest BCUT2D eigenvalue weighted by Gasteiger charge is 2.08. The summed E-state index contributed by atoms with van der Waals surface area (Å²) in [6.07, 6.45) is 1.94. The zero-order valence-electron chi connectivity index (χ0n) is 9.03. The quantitative estimate of drug-likeness (QED) is 0.797. The minimum Gasteiger partial charge on any atom is -0.490 e. The number of ether oxygens (including phenoxy) is 1. The Bertz CT molecular complexity index is 286. The Hall–Kier alpha value is -1.09. The Balaban J connectivity index is 2.66. The van der Waals surface area contributed by atoms with E-state index in [0.717, 1.165) is 11.4 Å². The molecule has 0 saturated carbocycles. The van der Waals surface area contributed by atoms with Gasteiger partial charge in [0.2, 0.25) is 0 Å². The predicted molar refractivity (Wildman–Crippen MR) is 57.1 cm³/mol. The van der Waals surface area contributed by atoms with Crippen molar-refractivity contribution < 1.29 is 4.74 Å². The molecule has 0 spiro atoms. The Morgan fingerprint density at radius 2 is 2.14 bits per heavy atom. The van der Waals surface area contributed by atoms with Gasteiger partial charge in [0.25, 0.3) is 0 Å². The Kier molecular flexibility index (Phi) is 3.89. The average Bonchev–Trinajstić information content (AvgIpc) is 2.18. The summed E-state index contributed by atoms with van der Waals surface area (Å²) in [6.45, 7) is 6.78. The predicted octanol–water partition coefficient (Wildman–Crippen LogP) is 1.96. The van der Waals surface area contributed by atoms with Crippen LogP contribution in [0.2, 0.25) is 0 Å². The van der Waals surface area contributed by atoms with Crippen LogP contribution in [-0.2, 0) is 6.54 Å². The number of nitrogens with two attached hydrogens (primary N) is 1. The lowest BCUT2D eigenvalue weighted by Crippen LogP contribution is -2.18. The molecule has 1 aromatic heterocycles. The molecule has 0 aliphatic carbocycles. The summed E-state index contributed by atoms with van der Waals surface area (Å²) in [6, 6.07) is 3.75. The fourth-order valence-electron chi connectivity index (χ4n) is 0.992. The molecule has 0 aromatic carbocycles. The van der Waals surface area contributed by atoms with Crippen LogP contribution in [0.5, 0.6) is 5.75 Å². The fourth-order valence-corrected chi connectivity index (χ4v) is 0.992. The third kappa shape index (κ3) is 3.00. The largest absolute Gasteiger partial charge is 0.490 e. The Morgan fingerprint density at radius 1 is 1.43 bits per heavy atom. The SMILES string of the molecule is CC(C)C(C)Oc1ccnc(CN)c1. The van der Waals surface area contributed by atoms with Crippen LogP contribution in [0.4, 0.5) is 0 Å². The molecule has 1 unspecified atom stereocenters. The van der Waals surface area contributed by atoms with Crippen molar-refractivity contribution in [2.75, 3.05) is 0 Å². The highest BCUT2D eigenvalue weighted by atomic mass is 16.5. The van der Waals surface area contributed by atoms with Gasteiger partial charge in [-0.1, -0.05) is 13.8 Å². The van der Waals surface area contributed by atoms with Gasteiger partial charge in [0, 0.05) is 18.8 Å². The van der Waals surface area contributed by atoms with Gasteiger partial charge in [-0.2, -0.15) is 0 Å². The van der Waals surface area contributed by atoms with E-state index in [4.69, 9.17) is 10.5 Å². The van der Waals surface area contributed by atoms with E-state index in [1.165, 1.54) is 0 Å². The maximum absolute atomic E-state index is 5.72. The first-order valence-electron chi connectivity index (χ1n) is 4.95. The van der Waals surface area contributed by atoms with Crippen molar-refractivity contribution in [2.45, 2.75) is 33.4 Å². The number of aromatic nitrogens is 1. The Labute approximate surface area is 85.3 Å². The van der Waals surface area contributed by atoms with Gasteiger partial charge in [-0.15, -0.1) is 0 Å². The van der Waals surface area contributed by atoms with Gasteiger partial charge in [0.1, 0.15) is 5.75 Å². The summed E-state index contributed by atoms with van der Waals surface area (Å²) in [5.41, 5.74) is 6.35. The normalized spacial score (nSPS) is 12.9. The smallest absolute Gasteiger partial charge is 0.123 e. The second-order valence-electron chi connectivity index (χ2n) is 3.75. The first-order valence-corrected chi connectivity index (χ1v) is 4.95. The van der Waals surface area contributed by atoms with Crippen LogP contribution >= 0.6 is 0 Å². The van der Waals surface area contributed by atoms with Crippen LogP contribution < -0.4 is 10.5 Å². The number of hydrogen-bond acceptors (Lipinski definition) is 3. The maximum Gasteiger partial charge on any atom is 0.123 e. The van der Waals surface area contributed by atoms with Crippen molar-refractivity contribution in [2.24, 2.45) is 11.7 Å². The summed E-state index contributed by atoms with van der Waals surface area (Å²) < 4.78 is 5.72. The van der Waals surface area contributed by atoms with Crippen molar-refractivity contribution in [1.82, 2.24) is 4.98 Å². The topological polar surface area (TPSA) is 48.1 Å². The van der Waals surface area contributed by atoms with Crippen LogP contribution in [0.25, 0.3) is 0 Å². The lowest BCUT2D eigenvalue weighted by Gasteiger charge is -2.18. The highest BCUT2D eigenvalue weighted by molar-refractivity contribution is 5.22. The molecule has 1 atom stereocenters. The molecule has 3 heteroatoms. The molecule has 0 amide bonds. The summed E-state index contributed by atoms with van der Waals surface area (Å²) in [5, 5.41) is 0. The molecule has 0 aliphatic heterocycles. The van der Waals surface area contributed by atoms with Crippen LogP contribution in [0, 0.1) is 5.92 Å². The molecule has 1 heterocycles. The van der Waals surface area contributed by atoms with Crippen LogP contribution in [-0.4, -0.2) is 11.1 Å². The summed E-state index contributed by atoms with van der Waals surface area (Å²) in [7, 11) is 0. The van der Waals surface area contributed by atoms with Gasteiger partial charge in [-0.3, -0.25) is 4.98 Å². The standard InChI is InChI=1S/C11H18N2O/c1-8(2)9(3)14-11-4-5-13-10(6-11)7-12/h4-6,8-9H,7,12H2,1-3H3. The van der Waals surface area contributed by atoms with Crippen molar-refractivity contribution in [3.63, 3.8) is 0 Å². The van der Waals surface area contributed by atoms with Gasteiger partial charge in [-0.05, 0) is 18.9 Å². The van der Waals surface area contributed by atoms with E-state index in [1.807, 2.05) is 12.1 Å². The first kappa shape index (κ1) is 11.0. The van der Waals surface area contributed by atoms with E-state index in [2.05, 4.69) is 25.8 Å².